The number of carbonyl (C=O) groups is 1. The van der Waals surface area contributed by atoms with Gasteiger partial charge in [-0.05, 0) is 5.92 Å². The molecule has 1 heterocycles. The molecule has 0 aliphatic carbocycles. The maximum atomic E-state index is 11.8. The van der Waals surface area contributed by atoms with Crippen LogP contribution in [0.3, 0.4) is 0 Å². The quantitative estimate of drug-likeness (QED) is 0.692. The number of halogens is 3. The Morgan fingerprint density at radius 2 is 2.15 bits per heavy atom. The van der Waals surface area contributed by atoms with E-state index in [0.717, 1.165) is 0 Å². The predicted octanol–water partition coefficient (Wildman–Crippen LogP) is 1.42. The van der Waals surface area contributed by atoms with Gasteiger partial charge in [0.15, 0.2) is 5.69 Å². The number of aromatic amines is 1. The first-order valence-electron chi connectivity index (χ1n) is 5.98. The van der Waals surface area contributed by atoms with Crippen LogP contribution < -0.4 is 11.1 Å². The van der Waals surface area contributed by atoms with E-state index in [1.54, 1.807) is 0 Å². The fourth-order valence-electron chi connectivity index (χ4n) is 1.49. The Morgan fingerprint density at radius 1 is 1.50 bits per heavy atom. The standard InChI is InChI=1S/C11H17F3N4O2/c1-6(2)8-7(15)9(18-17-8)10(19)16-3-4-20-5-11(12,13)14/h6H,3-5,15H2,1-2H3,(H,16,19)(H,17,18). The van der Waals surface area contributed by atoms with E-state index >= 15 is 0 Å². The van der Waals surface area contributed by atoms with Gasteiger partial charge in [-0.15, -0.1) is 0 Å². The van der Waals surface area contributed by atoms with E-state index in [1.807, 2.05) is 13.8 Å². The molecular weight excluding hydrogens is 277 g/mol. The molecule has 1 aromatic rings. The van der Waals surface area contributed by atoms with Crippen molar-refractivity contribution in [2.75, 3.05) is 25.5 Å². The zero-order valence-electron chi connectivity index (χ0n) is 11.2. The van der Waals surface area contributed by atoms with Crippen molar-refractivity contribution in [2.45, 2.75) is 25.9 Å². The Kier molecular flexibility index (Phi) is 5.37. The summed E-state index contributed by atoms with van der Waals surface area (Å²) >= 11 is 0. The largest absolute Gasteiger partial charge is 0.411 e. The number of aromatic nitrogens is 2. The van der Waals surface area contributed by atoms with Crippen molar-refractivity contribution in [2.24, 2.45) is 0 Å². The fourth-order valence-corrected chi connectivity index (χ4v) is 1.49. The molecule has 0 aliphatic heterocycles. The van der Waals surface area contributed by atoms with Gasteiger partial charge in [0.1, 0.15) is 6.61 Å². The van der Waals surface area contributed by atoms with Gasteiger partial charge in [0, 0.05) is 6.54 Å². The Hall–Kier alpha value is -1.77. The molecule has 1 amide bonds. The summed E-state index contributed by atoms with van der Waals surface area (Å²) in [6.45, 7) is 2.13. The van der Waals surface area contributed by atoms with Crippen LogP contribution in [-0.4, -0.2) is 42.0 Å². The first-order chi connectivity index (χ1) is 9.22. The molecule has 4 N–H and O–H groups in total. The van der Waals surface area contributed by atoms with E-state index in [2.05, 4.69) is 20.3 Å². The summed E-state index contributed by atoms with van der Waals surface area (Å²) in [6.07, 6.45) is -4.37. The van der Waals surface area contributed by atoms with E-state index in [4.69, 9.17) is 5.73 Å². The maximum Gasteiger partial charge on any atom is 0.411 e. The predicted molar refractivity (Wildman–Crippen MR) is 66.3 cm³/mol. The summed E-state index contributed by atoms with van der Waals surface area (Å²) < 4.78 is 39.7. The van der Waals surface area contributed by atoms with E-state index in [0.29, 0.717) is 5.69 Å². The first kappa shape index (κ1) is 16.3. The number of H-pyrrole nitrogens is 1. The molecule has 6 nitrogen and oxygen atoms in total. The number of rotatable bonds is 6. The number of carbonyl (C=O) groups excluding carboxylic acids is 1. The Labute approximate surface area is 113 Å². The third-order valence-corrected chi connectivity index (χ3v) is 2.42. The highest BCUT2D eigenvalue weighted by Gasteiger charge is 2.27. The Bertz CT molecular complexity index is 457. The second-order valence-electron chi connectivity index (χ2n) is 4.48. The molecule has 0 aliphatic rings. The number of ether oxygens (including phenoxy) is 1. The van der Waals surface area contributed by atoms with Gasteiger partial charge in [0.25, 0.3) is 5.91 Å². The van der Waals surface area contributed by atoms with Crippen LogP contribution in [0.2, 0.25) is 0 Å². The summed E-state index contributed by atoms with van der Waals surface area (Å²) in [4.78, 5) is 11.7. The molecule has 0 aromatic carbocycles. The van der Waals surface area contributed by atoms with Crippen LogP contribution in [0.25, 0.3) is 0 Å². The van der Waals surface area contributed by atoms with Gasteiger partial charge in [-0.2, -0.15) is 18.3 Å². The monoisotopic (exact) mass is 294 g/mol. The average Bonchev–Trinajstić information content (AvgIpc) is 2.69. The van der Waals surface area contributed by atoms with E-state index in [-0.39, 0.29) is 30.5 Å². The summed E-state index contributed by atoms with van der Waals surface area (Å²) in [7, 11) is 0. The smallest absolute Gasteiger partial charge is 0.395 e. The zero-order valence-corrected chi connectivity index (χ0v) is 11.2. The Balaban J connectivity index is 2.40. The third-order valence-electron chi connectivity index (χ3n) is 2.42. The average molecular weight is 294 g/mol. The molecule has 0 fully saturated rings. The highest BCUT2D eigenvalue weighted by molar-refractivity contribution is 5.97. The highest BCUT2D eigenvalue weighted by Crippen LogP contribution is 2.21. The van der Waals surface area contributed by atoms with E-state index in [9.17, 15) is 18.0 Å². The van der Waals surface area contributed by atoms with Gasteiger partial charge in [0.2, 0.25) is 0 Å². The van der Waals surface area contributed by atoms with Crippen LogP contribution in [-0.2, 0) is 4.74 Å². The molecule has 9 heteroatoms. The van der Waals surface area contributed by atoms with E-state index < -0.39 is 18.7 Å². The minimum absolute atomic E-state index is 0.0320. The number of amides is 1. The van der Waals surface area contributed by atoms with Gasteiger partial charge < -0.3 is 15.8 Å². The third kappa shape index (κ3) is 4.72. The molecule has 0 radical (unpaired) electrons. The number of nitrogens with two attached hydrogens (primary N) is 1. The number of hydrogen-bond donors (Lipinski definition) is 3. The van der Waals surface area contributed by atoms with Gasteiger partial charge in [-0.25, -0.2) is 0 Å². The summed E-state index contributed by atoms with van der Waals surface area (Å²) in [5.41, 5.74) is 6.68. The molecular formula is C11H17F3N4O2. The van der Waals surface area contributed by atoms with Crippen LogP contribution in [0.5, 0.6) is 0 Å². The lowest BCUT2D eigenvalue weighted by molar-refractivity contribution is -0.173. The van der Waals surface area contributed by atoms with Crippen molar-refractivity contribution in [3.05, 3.63) is 11.4 Å². The van der Waals surface area contributed by atoms with Crippen LogP contribution in [0.15, 0.2) is 0 Å². The van der Waals surface area contributed by atoms with Crippen LogP contribution in [0.4, 0.5) is 18.9 Å². The van der Waals surface area contributed by atoms with Gasteiger partial charge in [0.05, 0.1) is 18.0 Å². The number of nitrogens with zero attached hydrogens (tertiary/aromatic N) is 1. The van der Waals surface area contributed by atoms with Crippen LogP contribution in [0.1, 0.15) is 35.9 Å². The minimum Gasteiger partial charge on any atom is -0.395 e. The lowest BCUT2D eigenvalue weighted by Gasteiger charge is -2.08. The summed E-state index contributed by atoms with van der Waals surface area (Å²) in [5, 5.41) is 8.84. The molecule has 1 aromatic heterocycles. The fraction of sp³-hybridized carbons (Fsp3) is 0.636. The maximum absolute atomic E-state index is 11.8. The molecule has 114 valence electrons. The summed E-state index contributed by atoms with van der Waals surface area (Å²) in [5.74, 6) is -0.472. The van der Waals surface area contributed by atoms with E-state index in [1.165, 1.54) is 0 Å². The zero-order chi connectivity index (χ0) is 15.3. The van der Waals surface area contributed by atoms with Gasteiger partial charge in [-0.3, -0.25) is 9.89 Å². The second kappa shape index (κ2) is 6.60. The molecule has 20 heavy (non-hydrogen) atoms. The van der Waals surface area contributed by atoms with Crippen molar-refractivity contribution >= 4 is 11.6 Å². The lowest BCUT2D eigenvalue weighted by Crippen LogP contribution is -2.29. The van der Waals surface area contributed by atoms with Crippen molar-refractivity contribution in [1.29, 1.82) is 0 Å². The number of alkyl halides is 3. The van der Waals surface area contributed by atoms with Crippen molar-refractivity contribution in [1.82, 2.24) is 15.5 Å². The van der Waals surface area contributed by atoms with Crippen molar-refractivity contribution in [3.8, 4) is 0 Å². The molecule has 1 rings (SSSR count). The molecule has 0 spiro atoms. The number of anilines is 1. The number of nitrogen functional groups attached to an aromatic ring is 1. The van der Waals surface area contributed by atoms with Crippen LogP contribution in [0, 0.1) is 0 Å². The molecule has 0 saturated heterocycles. The summed E-state index contributed by atoms with van der Waals surface area (Å²) in [6, 6.07) is 0. The van der Waals surface area contributed by atoms with Crippen LogP contribution >= 0.6 is 0 Å². The molecule has 0 atom stereocenters. The minimum atomic E-state index is -4.37. The topological polar surface area (TPSA) is 93.0 Å². The van der Waals surface area contributed by atoms with Gasteiger partial charge in [-0.1, -0.05) is 13.8 Å². The molecule has 0 unspecified atom stereocenters. The SMILES string of the molecule is CC(C)c1[nH]nc(C(=O)NCCOCC(F)(F)F)c1N. The van der Waals surface area contributed by atoms with Crippen molar-refractivity contribution < 1.29 is 22.7 Å². The first-order valence-corrected chi connectivity index (χ1v) is 5.98. The molecule has 0 bridgehead atoms. The lowest BCUT2D eigenvalue weighted by atomic mass is 10.1. The molecule has 0 saturated carbocycles. The second-order valence-corrected chi connectivity index (χ2v) is 4.48. The number of hydrogen-bond acceptors (Lipinski definition) is 4. The Morgan fingerprint density at radius 3 is 2.65 bits per heavy atom. The normalized spacial score (nSPS) is 11.9. The van der Waals surface area contributed by atoms with Gasteiger partial charge >= 0.3 is 6.18 Å². The highest BCUT2D eigenvalue weighted by atomic mass is 19.4. The number of nitrogens with one attached hydrogen (secondary N) is 2. The van der Waals surface area contributed by atoms with Crippen molar-refractivity contribution in [3.63, 3.8) is 0 Å².